The van der Waals surface area contributed by atoms with E-state index >= 15 is 0 Å². The first kappa shape index (κ1) is 12.2. The number of aliphatic hydroxyl groups is 1. The number of rotatable bonds is 5. The highest BCUT2D eigenvalue weighted by atomic mass is 16.5. The first-order valence-corrected chi connectivity index (χ1v) is 4.98. The van der Waals surface area contributed by atoms with Crippen molar-refractivity contribution in [2.75, 3.05) is 13.2 Å². The highest BCUT2D eigenvalue weighted by Crippen LogP contribution is 2.04. The Balaban J connectivity index is 2.50. The molecule has 3 nitrogen and oxygen atoms in total. The van der Waals surface area contributed by atoms with Gasteiger partial charge in [0, 0.05) is 18.6 Å². The Morgan fingerprint density at radius 1 is 1.38 bits per heavy atom. The zero-order valence-corrected chi connectivity index (χ0v) is 8.98. The standard InChI is InChI=1S/C13H14O3/c1-2-11(8-9-14)10-16-13(15)12-6-4-3-5-7-12/h3-7,14H,1,8-10H2. The van der Waals surface area contributed by atoms with Crippen molar-refractivity contribution in [1.82, 2.24) is 0 Å². The molecule has 1 rings (SSSR count). The third-order valence-electron chi connectivity index (χ3n) is 2.05. The number of benzene rings is 1. The summed E-state index contributed by atoms with van der Waals surface area (Å²) in [7, 11) is 0. The molecule has 1 aromatic rings. The van der Waals surface area contributed by atoms with E-state index in [1.807, 2.05) is 6.07 Å². The molecule has 0 aromatic heterocycles. The van der Waals surface area contributed by atoms with E-state index in [4.69, 9.17) is 9.84 Å². The van der Waals surface area contributed by atoms with E-state index in [1.54, 1.807) is 24.3 Å². The summed E-state index contributed by atoms with van der Waals surface area (Å²) in [4.78, 5) is 11.5. The first-order valence-electron chi connectivity index (χ1n) is 4.98. The highest BCUT2D eigenvalue weighted by molar-refractivity contribution is 5.89. The van der Waals surface area contributed by atoms with Crippen LogP contribution in [-0.2, 0) is 4.74 Å². The summed E-state index contributed by atoms with van der Waals surface area (Å²) < 4.78 is 5.04. The molecule has 0 bridgehead atoms. The molecule has 0 atom stereocenters. The fraction of sp³-hybridized carbons (Fsp3) is 0.231. The zero-order valence-electron chi connectivity index (χ0n) is 8.98. The fourth-order valence-corrected chi connectivity index (χ4v) is 1.16. The second-order valence-corrected chi connectivity index (χ2v) is 3.20. The number of ether oxygens (including phenoxy) is 1. The lowest BCUT2D eigenvalue weighted by atomic mass is 10.2. The van der Waals surface area contributed by atoms with Crippen molar-refractivity contribution in [1.29, 1.82) is 0 Å². The van der Waals surface area contributed by atoms with E-state index < -0.39 is 0 Å². The van der Waals surface area contributed by atoms with Crippen LogP contribution in [0.4, 0.5) is 0 Å². The lowest BCUT2D eigenvalue weighted by molar-refractivity contribution is 0.0535. The molecular weight excluding hydrogens is 204 g/mol. The number of esters is 1. The van der Waals surface area contributed by atoms with Crippen LogP contribution in [0.25, 0.3) is 0 Å². The smallest absolute Gasteiger partial charge is 0.338 e. The van der Waals surface area contributed by atoms with Gasteiger partial charge in [0.1, 0.15) is 6.61 Å². The molecule has 0 aliphatic rings. The van der Waals surface area contributed by atoms with Gasteiger partial charge < -0.3 is 9.84 Å². The molecule has 0 aliphatic carbocycles. The Hall–Kier alpha value is -1.83. The summed E-state index contributed by atoms with van der Waals surface area (Å²) in [6, 6.07) is 8.75. The van der Waals surface area contributed by atoms with Gasteiger partial charge in [-0.2, -0.15) is 0 Å². The van der Waals surface area contributed by atoms with Gasteiger partial charge in [-0.1, -0.05) is 24.8 Å². The maximum Gasteiger partial charge on any atom is 0.338 e. The van der Waals surface area contributed by atoms with Crippen molar-refractivity contribution < 1.29 is 14.6 Å². The van der Waals surface area contributed by atoms with Gasteiger partial charge in [0.25, 0.3) is 0 Å². The minimum atomic E-state index is -0.383. The number of hydrogen-bond acceptors (Lipinski definition) is 3. The van der Waals surface area contributed by atoms with Crippen LogP contribution in [0, 0.1) is 0 Å². The van der Waals surface area contributed by atoms with E-state index in [-0.39, 0.29) is 19.2 Å². The van der Waals surface area contributed by atoms with Crippen LogP contribution in [0.2, 0.25) is 0 Å². The van der Waals surface area contributed by atoms with Gasteiger partial charge in [-0.05, 0) is 12.1 Å². The first-order chi connectivity index (χ1) is 7.77. The molecule has 0 heterocycles. The quantitative estimate of drug-likeness (QED) is 0.607. The maximum absolute atomic E-state index is 11.5. The van der Waals surface area contributed by atoms with Crippen molar-refractivity contribution in [3.63, 3.8) is 0 Å². The molecule has 16 heavy (non-hydrogen) atoms. The molecule has 0 saturated heterocycles. The van der Waals surface area contributed by atoms with Gasteiger partial charge >= 0.3 is 5.97 Å². The minimum Gasteiger partial charge on any atom is -0.457 e. The van der Waals surface area contributed by atoms with Gasteiger partial charge in [-0.3, -0.25) is 0 Å². The van der Waals surface area contributed by atoms with Crippen molar-refractivity contribution in [2.24, 2.45) is 0 Å². The van der Waals surface area contributed by atoms with Gasteiger partial charge in [-0.15, -0.1) is 5.73 Å². The predicted octanol–water partition coefficient (Wildman–Crippen LogP) is 1.94. The Morgan fingerprint density at radius 3 is 2.62 bits per heavy atom. The Morgan fingerprint density at radius 2 is 2.06 bits per heavy atom. The third kappa shape index (κ3) is 3.73. The number of carbonyl (C=O) groups is 1. The molecule has 0 unspecified atom stereocenters. The van der Waals surface area contributed by atoms with Gasteiger partial charge in [0.15, 0.2) is 0 Å². The van der Waals surface area contributed by atoms with Gasteiger partial charge in [0.05, 0.1) is 5.56 Å². The minimum absolute atomic E-state index is 0.000735. The Labute approximate surface area is 94.7 Å². The third-order valence-corrected chi connectivity index (χ3v) is 2.05. The summed E-state index contributed by atoms with van der Waals surface area (Å²) >= 11 is 0. The Bertz CT molecular complexity index is 389. The van der Waals surface area contributed by atoms with Crippen molar-refractivity contribution >= 4 is 5.97 Å². The molecule has 0 amide bonds. The summed E-state index contributed by atoms with van der Waals surface area (Å²) in [6.07, 6.45) is 0.422. The molecule has 1 N–H and O–H groups in total. The molecular formula is C13H14O3. The second-order valence-electron chi connectivity index (χ2n) is 3.20. The molecule has 0 radical (unpaired) electrons. The molecule has 0 aliphatic heterocycles. The summed E-state index contributed by atoms with van der Waals surface area (Å²) in [5, 5.41) is 8.72. The van der Waals surface area contributed by atoms with Crippen LogP contribution in [0.1, 0.15) is 16.8 Å². The molecule has 3 heteroatoms. The average molecular weight is 218 g/mol. The number of carbonyl (C=O) groups excluding carboxylic acids is 1. The summed E-state index contributed by atoms with van der Waals surface area (Å²) in [6.45, 7) is 3.59. The van der Waals surface area contributed by atoms with Crippen molar-refractivity contribution in [2.45, 2.75) is 6.42 Å². The van der Waals surface area contributed by atoms with E-state index in [0.717, 1.165) is 0 Å². The average Bonchev–Trinajstić information content (AvgIpc) is 2.35. The SMILES string of the molecule is C=C=C(CCO)COC(=O)c1ccccc1. The normalized spacial score (nSPS) is 9.31. The lowest BCUT2D eigenvalue weighted by Gasteiger charge is -2.05. The van der Waals surface area contributed by atoms with Gasteiger partial charge in [0.2, 0.25) is 0 Å². The van der Waals surface area contributed by atoms with Crippen LogP contribution in [0.5, 0.6) is 0 Å². The lowest BCUT2D eigenvalue weighted by Crippen LogP contribution is -2.08. The molecule has 0 spiro atoms. The fourth-order valence-electron chi connectivity index (χ4n) is 1.16. The largest absolute Gasteiger partial charge is 0.457 e. The van der Waals surface area contributed by atoms with Crippen LogP contribution >= 0.6 is 0 Å². The van der Waals surface area contributed by atoms with Crippen molar-refractivity contribution in [3.8, 4) is 0 Å². The predicted molar refractivity (Wildman–Crippen MR) is 61.1 cm³/mol. The summed E-state index contributed by atoms with van der Waals surface area (Å²) in [5.41, 5.74) is 3.84. The van der Waals surface area contributed by atoms with E-state index in [1.165, 1.54) is 0 Å². The second kappa shape index (κ2) is 6.62. The highest BCUT2D eigenvalue weighted by Gasteiger charge is 2.06. The van der Waals surface area contributed by atoms with E-state index in [0.29, 0.717) is 17.6 Å². The van der Waals surface area contributed by atoms with Crippen LogP contribution < -0.4 is 0 Å². The number of aliphatic hydroxyl groups excluding tert-OH is 1. The topological polar surface area (TPSA) is 46.5 Å². The molecule has 1 aromatic carbocycles. The van der Waals surface area contributed by atoms with Crippen LogP contribution in [-0.4, -0.2) is 24.3 Å². The monoisotopic (exact) mass is 218 g/mol. The van der Waals surface area contributed by atoms with Crippen LogP contribution in [0.3, 0.4) is 0 Å². The van der Waals surface area contributed by atoms with E-state index in [2.05, 4.69) is 12.3 Å². The van der Waals surface area contributed by atoms with Crippen LogP contribution in [0.15, 0.2) is 48.2 Å². The molecule has 84 valence electrons. The number of hydrogen-bond donors (Lipinski definition) is 1. The molecule has 0 saturated carbocycles. The van der Waals surface area contributed by atoms with Gasteiger partial charge in [-0.25, -0.2) is 4.79 Å². The zero-order chi connectivity index (χ0) is 11.8. The van der Waals surface area contributed by atoms with Crippen molar-refractivity contribution in [3.05, 3.63) is 53.8 Å². The summed E-state index contributed by atoms with van der Waals surface area (Å²) in [5.74, 6) is -0.383. The maximum atomic E-state index is 11.5. The Kier molecular flexibility index (Phi) is 5.06. The molecule has 0 fully saturated rings. The van der Waals surface area contributed by atoms with E-state index in [9.17, 15) is 4.79 Å².